The number of hydrogen-bond acceptors (Lipinski definition) is 7. The molecule has 0 bridgehead atoms. The first-order valence-corrected chi connectivity index (χ1v) is 9.02. The summed E-state index contributed by atoms with van der Waals surface area (Å²) in [5.74, 6) is -0.238. The maximum atomic E-state index is 12.0. The van der Waals surface area contributed by atoms with Gasteiger partial charge in [-0.2, -0.15) is 0 Å². The zero-order valence-electron chi connectivity index (χ0n) is 14.1. The highest BCUT2D eigenvalue weighted by Gasteiger charge is 2.22. The van der Waals surface area contributed by atoms with Crippen molar-refractivity contribution in [2.24, 2.45) is 0 Å². The Bertz CT molecular complexity index is 853. The molecule has 0 aliphatic carbocycles. The van der Waals surface area contributed by atoms with E-state index in [-0.39, 0.29) is 11.2 Å². The molecule has 0 saturated heterocycles. The highest BCUT2D eigenvalue weighted by Crippen LogP contribution is 2.29. The van der Waals surface area contributed by atoms with E-state index in [0.717, 1.165) is 5.56 Å². The molecule has 0 fully saturated rings. The largest absolute Gasteiger partial charge is 0.465 e. The second kappa shape index (κ2) is 8.06. The van der Waals surface area contributed by atoms with Crippen LogP contribution in [0.2, 0.25) is 0 Å². The van der Waals surface area contributed by atoms with Gasteiger partial charge >= 0.3 is 5.97 Å². The van der Waals surface area contributed by atoms with E-state index in [1.807, 2.05) is 37.3 Å². The van der Waals surface area contributed by atoms with Gasteiger partial charge < -0.3 is 4.74 Å². The van der Waals surface area contributed by atoms with Crippen molar-refractivity contribution < 1.29 is 9.53 Å². The van der Waals surface area contributed by atoms with Gasteiger partial charge in [0.05, 0.1) is 13.2 Å². The Morgan fingerprint density at radius 2 is 2.04 bits per heavy atom. The molecule has 130 valence electrons. The SMILES string of the molecule is CCOC(=O)[C@@H](CC)Sc1ncnc2c1nnn2Cc1ccccc1. The van der Waals surface area contributed by atoms with Crippen molar-refractivity contribution in [3.63, 3.8) is 0 Å². The Morgan fingerprint density at radius 1 is 1.24 bits per heavy atom. The van der Waals surface area contributed by atoms with Gasteiger partial charge in [0.15, 0.2) is 11.2 Å². The van der Waals surface area contributed by atoms with Gasteiger partial charge in [-0.15, -0.1) is 5.10 Å². The van der Waals surface area contributed by atoms with Crippen LogP contribution in [0.15, 0.2) is 41.7 Å². The number of benzene rings is 1. The molecular weight excluding hydrogens is 338 g/mol. The van der Waals surface area contributed by atoms with Crippen molar-refractivity contribution in [1.29, 1.82) is 0 Å². The van der Waals surface area contributed by atoms with E-state index in [1.54, 1.807) is 11.6 Å². The van der Waals surface area contributed by atoms with Crippen LogP contribution in [-0.2, 0) is 16.1 Å². The average molecular weight is 357 g/mol. The maximum Gasteiger partial charge on any atom is 0.319 e. The predicted octanol–water partition coefficient (Wildman–Crippen LogP) is 2.70. The zero-order valence-corrected chi connectivity index (χ0v) is 14.9. The Labute approximate surface area is 149 Å². The van der Waals surface area contributed by atoms with E-state index < -0.39 is 0 Å². The van der Waals surface area contributed by atoms with Gasteiger partial charge in [0.25, 0.3) is 0 Å². The van der Waals surface area contributed by atoms with Crippen molar-refractivity contribution in [2.75, 3.05) is 6.61 Å². The maximum absolute atomic E-state index is 12.0. The molecule has 0 saturated carbocycles. The molecule has 7 nitrogen and oxygen atoms in total. The Balaban J connectivity index is 1.87. The zero-order chi connectivity index (χ0) is 17.6. The van der Waals surface area contributed by atoms with Gasteiger partial charge in [-0.1, -0.05) is 54.2 Å². The Kier molecular flexibility index (Phi) is 5.60. The highest BCUT2D eigenvalue weighted by molar-refractivity contribution is 8.00. The molecule has 3 aromatic rings. The lowest BCUT2D eigenvalue weighted by atomic mass is 10.2. The van der Waals surface area contributed by atoms with Crippen molar-refractivity contribution in [2.45, 2.75) is 37.1 Å². The molecule has 8 heteroatoms. The summed E-state index contributed by atoms with van der Waals surface area (Å²) in [5, 5.41) is 8.74. The third-order valence-electron chi connectivity index (χ3n) is 3.62. The van der Waals surface area contributed by atoms with Crippen LogP contribution in [-0.4, -0.2) is 42.8 Å². The molecule has 0 radical (unpaired) electrons. The molecule has 0 aliphatic heterocycles. The van der Waals surface area contributed by atoms with Gasteiger partial charge in [-0.3, -0.25) is 4.79 Å². The van der Waals surface area contributed by atoms with Crippen molar-refractivity contribution in [3.05, 3.63) is 42.2 Å². The summed E-state index contributed by atoms with van der Waals surface area (Å²) in [6.07, 6.45) is 2.13. The van der Waals surface area contributed by atoms with E-state index in [2.05, 4.69) is 20.3 Å². The molecule has 1 aromatic carbocycles. The molecule has 0 spiro atoms. The number of carbonyl (C=O) groups is 1. The number of rotatable bonds is 7. The first-order valence-electron chi connectivity index (χ1n) is 8.14. The van der Waals surface area contributed by atoms with Gasteiger partial charge in [-0.05, 0) is 18.9 Å². The monoisotopic (exact) mass is 357 g/mol. The number of ether oxygens (including phenoxy) is 1. The lowest BCUT2D eigenvalue weighted by molar-refractivity contribution is -0.142. The first-order chi connectivity index (χ1) is 12.2. The Morgan fingerprint density at radius 3 is 2.76 bits per heavy atom. The number of carbonyl (C=O) groups excluding carboxylic acids is 1. The fourth-order valence-electron chi connectivity index (χ4n) is 2.39. The second-order valence-electron chi connectivity index (χ2n) is 5.35. The van der Waals surface area contributed by atoms with Crippen LogP contribution in [0.5, 0.6) is 0 Å². The number of aromatic nitrogens is 5. The van der Waals surface area contributed by atoms with Crippen LogP contribution in [0.1, 0.15) is 25.8 Å². The quantitative estimate of drug-likeness (QED) is 0.365. The number of fused-ring (bicyclic) bond motifs is 1. The van der Waals surface area contributed by atoms with E-state index in [9.17, 15) is 4.79 Å². The van der Waals surface area contributed by atoms with E-state index in [4.69, 9.17) is 4.74 Å². The topological polar surface area (TPSA) is 82.8 Å². The summed E-state index contributed by atoms with van der Waals surface area (Å²) in [5.41, 5.74) is 2.37. The number of hydrogen-bond donors (Lipinski definition) is 0. The van der Waals surface area contributed by atoms with Crippen LogP contribution in [0.4, 0.5) is 0 Å². The number of esters is 1. The van der Waals surface area contributed by atoms with E-state index in [1.165, 1.54) is 18.1 Å². The lowest BCUT2D eigenvalue weighted by Crippen LogP contribution is -2.19. The van der Waals surface area contributed by atoms with Crippen molar-refractivity contribution in [3.8, 4) is 0 Å². The van der Waals surface area contributed by atoms with Crippen molar-refractivity contribution >= 4 is 28.9 Å². The minimum atomic E-state index is -0.322. The molecule has 0 unspecified atom stereocenters. The van der Waals surface area contributed by atoms with Crippen molar-refractivity contribution in [1.82, 2.24) is 25.0 Å². The molecule has 2 heterocycles. The second-order valence-corrected chi connectivity index (χ2v) is 6.54. The third kappa shape index (κ3) is 3.96. The minimum Gasteiger partial charge on any atom is -0.465 e. The fourth-order valence-corrected chi connectivity index (χ4v) is 3.34. The summed E-state index contributed by atoms with van der Waals surface area (Å²) in [6.45, 7) is 4.68. The smallest absolute Gasteiger partial charge is 0.319 e. The summed E-state index contributed by atoms with van der Waals surface area (Å²) >= 11 is 1.34. The molecule has 2 aromatic heterocycles. The molecule has 25 heavy (non-hydrogen) atoms. The molecule has 0 aliphatic rings. The summed E-state index contributed by atoms with van der Waals surface area (Å²) < 4.78 is 6.86. The number of nitrogens with zero attached hydrogens (tertiary/aromatic N) is 5. The third-order valence-corrected chi connectivity index (χ3v) is 4.95. The Hall–Kier alpha value is -2.48. The van der Waals surface area contributed by atoms with Crippen LogP contribution in [0.3, 0.4) is 0 Å². The first kappa shape index (κ1) is 17.3. The highest BCUT2D eigenvalue weighted by atomic mass is 32.2. The summed E-state index contributed by atoms with van der Waals surface area (Å²) in [7, 11) is 0. The van der Waals surface area contributed by atoms with Gasteiger partial charge in [0.1, 0.15) is 16.6 Å². The van der Waals surface area contributed by atoms with Crippen LogP contribution in [0.25, 0.3) is 11.2 Å². The molecule has 1 atom stereocenters. The van der Waals surface area contributed by atoms with Gasteiger partial charge in [0, 0.05) is 0 Å². The van der Waals surface area contributed by atoms with E-state index in [0.29, 0.717) is 35.8 Å². The van der Waals surface area contributed by atoms with Crippen LogP contribution in [0, 0.1) is 0 Å². The number of thioether (sulfide) groups is 1. The van der Waals surface area contributed by atoms with E-state index >= 15 is 0 Å². The molecular formula is C17H19N5O2S. The minimum absolute atomic E-state index is 0.238. The van der Waals surface area contributed by atoms with Gasteiger partial charge in [-0.25, -0.2) is 14.6 Å². The standard InChI is InChI=1S/C17H19N5O2S/c1-3-13(17(23)24-4-2)25-16-14-15(18-11-19-16)22(21-20-14)10-12-8-6-5-7-9-12/h5-9,11,13H,3-4,10H2,1-2H3/t13-/m1/s1. The fraction of sp³-hybridized carbons (Fsp3) is 0.353. The predicted molar refractivity (Wildman–Crippen MR) is 95.2 cm³/mol. The molecule has 3 rings (SSSR count). The summed E-state index contributed by atoms with van der Waals surface area (Å²) in [6, 6.07) is 9.99. The van der Waals surface area contributed by atoms with Crippen LogP contribution >= 0.6 is 11.8 Å². The van der Waals surface area contributed by atoms with Gasteiger partial charge in [0.2, 0.25) is 0 Å². The average Bonchev–Trinajstić information content (AvgIpc) is 3.04. The van der Waals surface area contributed by atoms with Crippen LogP contribution < -0.4 is 0 Å². The molecule has 0 amide bonds. The molecule has 0 N–H and O–H groups in total. The summed E-state index contributed by atoms with van der Waals surface area (Å²) in [4.78, 5) is 20.6. The lowest BCUT2D eigenvalue weighted by Gasteiger charge is -2.12. The normalized spacial score (nSPS) is 12.2.